The highest BCUT2D eigenvalue weighted by Crippen LogP contribution is 2.46. The first-order chi connectivity index (χ1) is 73.2. The molecule has 734 valence electrons. The molecule has 0 fully saturated rings. The van der Waals surface area contributed by atoms with Crippen LogP contribution in [-0.2, 0) is 0 Å². The molecule has 43 nitrogen and oxygen atoms in total. The Hall–Kier alpha value is -21.4. The molecule has 0 saturated heterocycles. The molecule has 14 aromatic carbocycles. The number of hydrogen-bond donors (Lipinski definition) is 10. The first kappa shape index (κ1) is 98.7. The van der Waals surface area contributed by atoms with Crippen LogP contribution in [0.4, 0.5) is 85.4 Å². The molecule has 0 aliphatic carbocycles. The zero-order chi connectivity index (χ0) is 104. The third-order valence-corrected chi connectivity index (χ3v) is 22.8. The molecular formula is C105H75N31O12S2. The number of azo groups is 5. The number of aromatic hydroxyl groups is 5. The summed E-state index contributed by atoms with van der Waals surface area (Å²) in [6, 6.07) is 87.1. The van der Waals surface area contributed by atoms with Gasteiger partial charge in [-0.1, -0.05) is 215 Å². The van der Waals surface area contributed by atoms with Crippen molar-refractivity contribution < 1.29 is 58.4 Å². The van der Waals surface area contributed by atoms with Crippen molar-refractivity contribution >= 4 is 192 Å². The molecule has 22 rings (SSSR count). The normalized spacial score (nSPS) is 11.2. The summed E-state index contributed by atoms with van der Waals surface area (Å²) in [4.78, 5) is 100. The minimum atomic E-state index is -0.558. The zero-order valence-corrected chi connectivity index (χ0v) is 80.0. The number of nitrogens with one attached hydrogen (secondary N) is 5. The standard InChI is InChI=1S/C24H16N6O3.C23H16N8O2.C20H15N5O3.C20H15N5O2S.C18H13N7O2S/c31-21-19(22(32)26-17-10-12-25-13-11-17)14-16-8-4-5-9-18(16)20(21)27-29-24-30-28-23(33-24)15-6-2-1-3-7-15;32-20-18(21(33)27-16-8-2-1-3-9-16)13-15-7-4-5-10-17(15)19(20)28-29-22-26-14-31(30-22)23-24-11-6-12-25-23;2*1-12-21-20(28-25-12)24-23-17-15-10-6-5-7-13(15)11-16(18(17)26)19(27)22-14-8-3-2-4-9-14;1-10-21-18(28-25-10)24-23-14-12-6-3-2-5-11(12)9-13(15(14)26)16(27)22-17-19-7-4-8-20-17/h1-14,31H,(H,25,26,32);1-14,32H,(H,27,33);2*2-11,26H,1H3,(H,22,27);2-9,26H,1H3,(H,19,20,22,27). The lowest BCUT2D eigenvalue weighted by Crippen LogP contribution is -2.14. The first-order valence-corrected chi connectivity index (χ1v) is 46.5. The third-order valence-electron chi connectivity index (χ3n) is 21.4. The van der Waals surface area contributed by atoms with E-state index < -0.39 is 29.5 Å². The topological polar surface area (TPSA) is 595 Å². The zero-order valence-electron chi connectivity index (χ0n) is 78.4. The molecule has 8 aromatic heterocycles. The molecule has 22 aromatic rings. The van der Waals surface area contributed by atoms with Gasteiger partial charge in [-0.05, 0) is 151 Å². The average Bonchev–Trinajstić information content (AvgIpc) is 0.871. The van der Waals surface area contributed by atoms with Crippen molar-refractivity contribution in [3.63, 3.8) is 0 Å². The Morgan fingerprint density at radius 2 is 0.653 bits per heavy atom. The second kappa shape index (κ2) is 46.5. The highest BCUT2D eigenvalue weighted by molar-refractivity contribution is 7.09. The van der Waals surface area contributed by atoms with Gasteiger partial charge < -0.3 is 55.7 Å². The number of aryl methyl sites for hydroxylation is 3. The maximum absolute atomic E-state index is 12.9. The number of rotatable bonds is 22. The molecule has 0 radical (unpaired) electrons. The Labute approximate surface area is 854 Å². The van der Waals surface area contributed by atoms with Gasteiger partial charge in [-0.3, -0.25) is 34.3 Å². The largest absolute Gasteiger partial charge is 0.505 e. The number of pyridine rings is 1. The number of para-hydroxylation sites is 3. The number of phenols is 5. The van der Waals surface area contributed by atoms with Crippen LogP contribution in [0.5, 0.6) is 28.7 Å². The maximum Gasteiger partial charge on any atom is 0.366 e. The number of hydrogen-bond acceptors (Lipinski definition) is 39. The van der Waals surface area contributed by atoms with E-state index in [4.69, 9.17) is 8.94 Å². The van der Waals surface area contributed by atoms with Crippen molar-refractivity contribution in [1.29, 1.82) is 0 Å². The Morgan fingerprint density at radius 3 is 1.02 bits per heavy atom. The summed E-state index contributed by atoms with van der Waals surface area (Å²) in [6.07, 6.45) is 10.7. The number of nitrogens with zero attached hydrogens (tertiary/aromatic N) is 26. The van der Waals surface area contributed by atoms with E-state index in [1.807, 2.05) is 170 Å². The first-order valence-electron chi connectivity index (χ1n) is 44.9. The molecule has 0 unspecified atom stereocenters. The number of aromatic nitrogens is 16. The van der Waals surface area contributed by atoms with Gasteiger partial charge in [0.25, 0.3) is 41.4 Å². The molecule has 0 atom stereocenters. The summed E-state index contributed by atoms with van der Waals surface area (Å²) in [5.41, 5.74) is 4.29. The van der Waals surface area contributed by atoms with Gasteiger partial charge in [0.2, 0.25) is 22.1 Å². The van der Waals surface area contributed by atoms with Crippen molar-refractivity contribution in [2.45, 2.75) is 20.8 Å². The lowest BCUT2D eigenvalue weighted by atomic mass is 10.0. The Bertz CT molecular complexity index is 8190. The lowest BCUT2D eigenvalue weighted by Gasteiger charge is -2.11. The predicted molar refractivity (Wildman–Crippen MR) is 559 cm³/mol. The summed E-state index contributed by atoms with van der Waals surface area (Å²) in [5.74, 6) is -1.43. The molecule has 0 bridgehead atoms. The van der Waals surface area contributed by atoms with Crippen LogP contribution < -0.4 is 26.6 Å². The van der Waals surface area contributed by atoms with Crippen LogP contribution in [-0.4, -0.2) is 134 Å². The van der Waals surface area contributed by atoms with Gasteiger partial charge in [-0.2, -0.15) is 23.4 Å². The molecule has 0 aliphatic heterocycles. The fraction of sp³-hybridized carbons (Fsp3) is 0.0286. The summed E-state index contributed by atoms with van der Waals surface area (Å²) in [7, 11) is 0. The predicted octanol–water partition coefficient (Wildman–Crippen LogP) is 24.7. The van der Waals surface area contributed by atoms with E-state index in [1.165, 1.54) is 23.4 Å². The SMILES string of the molecule is Cc1noc(N=Nc2c(O)c(C(=O)Nc3ccccc3)cc3ccccc23)n1.Cc1nsc(N=Nc2c(O)c(C(=O)Nc3ccccc3)cc3ccccc23)n1.Cc1nsc(N=Nc2c(O)c(C(=O)Nc3ncccn3)cc3ccccc23)n1.O=C(Nc1ccccc1)c1cc2ccccc2c(N=Nc2ncn(-c3ncccn3)n2)c1O.O=C(Nc1ccncc1)c1cc2ccccc2c(N=Nc2nnc(-c3ccccc3)o2)c1O. The van der Waals surface area contributed by atoms with Crippen LogP contribution >= 0.6 is 23.1 Å². The van der Waals surface area contributed by atoms with E-state index in [0.717, 1.165) is 50.2 Å². The van der Waals surface area contributed by atoms with Gasteiger partial charge in [0.05, 0.1) is 27.8 Å². The maximum atomic E-state index is 12.9. The Balaban J connectivity index is 0.000000123. The molecule has 0 spiro atoms. The monoisotopic (exact) mass is 2030 g/mol. The van der Waals surface area contributed by atoms with E-state index in [0.29, 0.717) is 94.6 Å². The van der Waals surface area contributed by atoms with Gasteiger partial charge >= 0.3 is 12.0 Å². The second-order valence-electron chi connectivity index (χ2n) is 31.6. The van der Waals surface area contributed by atoms with E-state index in [1.54, 1.807) is 173 Å². The highest BCUT2D eigenvalue weighted by Gasteiger charge is 2.27. The Kier molecular flexibility index (Phi) is 30.6. The molecular weight excluding hydrogens is 1950 g/mol. The van der Waals surface area contributed by atoms with Gasteiger partial charge in [-0.25, -0.2) is 29.9 Å². The van der Waals surface area contributed by atoms with Gasteiger partial charge in [0.1, 0.15) is 46.4 Å². The molecule has 0 saturated carbocycles. The molecule has 0 aliphatic rings. The van der Waals surface area contributed by atoms with E-state index in [-0.39, 0.29) is 109 Å². The molecule has 10 N–H and O–H groups in total. The van der Waals surface area contributed by atoms with Crippen molar-refractivity contribution in [1.82, 2.24) is 78.7 Å². The van der Waals surface area contributed by atoms with Crippen LogP contribution in [0, 0.1) is 20.8 Å². The number of phenolic OH excluding ortho intramolecular Hbond substituents is 5. The number of carbonyl (C=O) groups is 5. The summed E-state index contributed by atoms with van der Waals surface area (Å²) < 4.78 is 19.9. The number of amides is 5. The van der Waals surface area contributed by atoms with Gasteiger partial charge in [-0.15, -0.1) is 51.1 Å². The van der Waals surface area contributed by atoms with Gasteiger partial charge in [0.15, 0.2) is 34.6 Å². The fourth-order valence-electron chi connectivity index (χ4n) is 14.5. The Morgan fingerprint density at radius 1 is 0.320 bits per heavy atom. The number of benzene rings is 14. The molecule has 45 heteroatoms. The molecule has 5 amide bonds. The lowest BCUT2D eigenvalue weighted by molar-refractivity contribution is 0.101. The quantitative estimate of drug-likeness (QED) is 0.0282. The van der Waals surface area contributed by atoms with Crippen LogP contribution in [0.1, 0.15) is 69.3 Å². The van der Waals surface area contributed by atoms with Crippen molar-refractivity contribution in [2.24, 2.45) is 51.1 Å². The smallest absolute Gasteiger partial charge is 0.366 e. The molecule has 150 heavy (non-hydrogen) atoms. The highest BCUT2D eigenvalue weighted by atomic mass is 32.1. The number of carbonyl (C=O) groups excluding carboxylic acids is 5. The summed E-state index contributed by atoms with van der Waals surface area (Å²) >= 11 is 2.20. The van der Waals surface area contributed by atoms with Crippen LogP contribution in [0.2, 0.25) is 0 Å². The number of anilines is 5. The van der Waals surface area contributed by atoms with Crippen LogP contribution in [0.3, 0.4) is 0 Å². The van der Waals surface area contributed by atoms with Gasteiger partial charge in [0, 0.05) is 115 Å². The van der Waals surface area contributed by atoms with E-state index in [9.17, 15) is 49.5 Å². The minimum absolute atomic E-state index is 0.0357. The minimum Gasteiger partial charge on any atom is -0.505 e. The van der Waals surface area contributed by atoms with E-state index >= 15 is 0 Å². The summed E-state index contributed by atoms with van der Waals surface area (Å²) in [6.45, 7) is 5.17. The van der Waals surface area contributed by atoms with E-state index in [2.05, 4.69) is 152 Å². The van der Waals surface area contributed by atoms with Crippen molar-refractivity contribution in [3.05, 3.63) is 386 Å². The molecule has 8 heterocycles. The van der Waals surface area contributed by atoms with Crippen molar-refractivity contribution in [3.8, 4) is 46.2 Å². The van der Waals surface area contributed by atoms with Crippen molar-refractivity contribution in [2.75, 3.05) is 26.6 Å². The third kappa shape index (κ3) is 24.1. The fourth-order valence-corrected chi connectivity index (χ4v) is 15.5. The van der Waals surface area contributed by atoms with Crippen LogP contribution in [0.15, 0.2) is 401 Å². The second-order valence-corrected chi connectivity index (χ2v) is 33.0. The average molecular weight is 2030 g/mol. The number of fused-ring (bicyclic) bond motifs is 5. The summed E-state index contributed by atoms with van der Waals surface area (Å²) in [5, 5.41) is 132. The van der Waals surface area contributed by atoms with Crippen LogP contribution in [0.25, 0.3) is 71.3 Å².